The molecule has 0 aromatic carbocycles. The lowest BCUT2D eigenvalue weighted by Crippen LogP contribution is -2.49. The Morgan fingerprint density at radius 1 is 1.63 bits per heavy atom. The van der Waals surface area contributed by atoms with Crippen LogP contribution in [0.4, 0.5) is 0 Å². The number of esters is 1. The summed E-state index contributed by atoms with van der Waals surface area (Å²) in [5.74, 6) is 0.782. The van der Waals surface area contributed by atoms with Crippen molar-refractivity contribution in [1.82, 2.24) is 5.32 Å². The van der Waals surface area contributed by atoms with E-state index < -0.39 is 5.54 Å². The molecule has 1 aromatic heterocycles. The van der Waals surface area contributed by atoms with Crippen LogP contribution in [-0.4, -0.2) is 18.6 Å². The van der Waals surface area contributed by atoms with Crippen LogP contribution in [-0.2, 0) is 9.53 Å². The summed E-state index contributed by atoms with van der Waals surface area (Å²) in [6, 6.07) is 4.47. The number of hydrogen-bond donors (Lipinski definition) is 1. The molecule has 1 aliphatic heterocycles. The lowest BCUT2D eigenvalue weighted by atomic mass is 9.85. The molecule has 0 radical (unpaired) electrons. The zero-order chi connectivity index (χ0) is 14.0. The number of thiophene rings is 1. The number of carbonyl (C=O) groups is 1. The molecule has 3 nitrogen and oxygen atoms in total. The summed E-state index contributed by atoms with van der Waals surface area (Å²) < 4.78 is 5.05. The molecule has 1 aliphatic rings. The monoisotopic (exact) mass is 281 g/mol. The Kier molecular flexibility index (Phi) is 4.31. The lowest BCUT2D eigenvalue weighted by molar-refractivity contribution is -0.149. The molecule has 1 aromatic rings. The van der Waals surface area contributed by atoms with Crippen molar-refractivity contribution in [2.45, 2.75) is 45.2 Å². The van der Waals surface area contributed by atoms with E-state index in [0.29, 0.717) is 11.8 Å². The van der Waals surface area contributed by atoms with Gasteiger partial charge in [-0.25, -0.2) is 0 Å². The van der Waals surface area contributed by atoms with Crippen molar-refractivity contribution in [2.24, 2.45) is 11.8 Å². The summed E-state index contributed by atoms with van der Waals surface area (Å²) in [7, 11) is 1.48. The summed E-state index contributed by atoms with van der Waals surface area (Å²) in [5.41, 5.74) is -0.517. The number of rotatable bonds is 4. The number of carbonyl (C=O) groups excluding carboxylic acids is 1. The molecule has 3 atom stereocenters. The van der Waals surface area contributed by atoms with Gasteiger partial charge in [0.1, 0.15) is 5.54 Å². The SMILES string of the molecule is COC(=O)[C@]1(CC(C)C)C[C@H](C)[C@H](c2cccs2)N1. The fourth-order valence-corrected chi connectivity index (χ4v) is 4.16. The molecule has 0 bridgehead atoms. The van der Waals surface area contributed by atoms with Crippen LogP contribution in [0, 0.1) is 11.8 Å². The number of ether oxygens (including phenoxy) is 1. The van der Waals surface area contributed by atoms with Crippen LogP contribution < -0.4 is 5.32 Å². The fourth-order valence-electron chi connectivity index (χ4n) is 3.25. The first-order valence-corrected chi connectivity index (χ1v) is 7.76. The highest BCUT2D eigenvalue weighted by Gasteiger charge is 2.49. The van der Waals surface area contributed by atoms with Gasteiger partial charge < -0.3 is 4.74 Å². The smallest absolute Gasteiger partial charge is 0.326 e. The minimum absolute atomic E-state index is 0.118. The van der Waals surface area contributed by atoms with E-state index in [2.05, 4.69) is 43.6 Å². The molecule has 1 saturated heterocycles. The van der Waals surface area contributed by atoms with E-state index in [4.69, 9.17) is 4.74 Å². The van der Waals surface area contributed by atoms with Crippen LogP contribution in [0.5, 0.6) is 0 Å². The minimum atomic E-state index is -0.517. The Morgan fingerprint density at radius 2 is 2.37 bits per heavy atom. The predicted octanol–water partition coefficient (Wildman–Crippen LogP) is 3.38. The molecular formula is C15H23NO2S. The van der Waals surface area contributed by atoms with E-state index >= 15 is 0 Å². The van der Waals surface area contributed by atoms with E-state index in [-0.39, 0.29) is 12.0 Å². The van der Waals surface area contributed by atoms with Crippen molar-refractivity contribution >= 4 is 17.3 Å². The normalized spacial score (nSPS) is 30.8. The summed E-state index contributed by atoms with van der Waals surface area (Å²) in [6.45, 7) is 6.51. The van der Waals surface area contributed by atoms with Gasteiger partial charge in [0, 0.05) is 10.9 Å². The molecule has 4 heteroatoms. The van der Waals surface area contributed by atoms with Gasteiger partial charge in [-0.3, -0.25) is 10.1 Å². The molecule has 0 unspecified atom stereocenters. The lowest BCUT2D eigenvalue weighted by Gasteiger charge is -2.29. The highest BCUT2D eigenvalue weighted by molar-refractivity contribution is 7.10. The average Bonchev–Trinajstić information content (AvgIpc) is 2.95. The molecule has 0 aliphatic carbocycles. The summed E-state index contributed by atoms with van der Waals surface area (Å²) in [5, 5.41) is 5.66. The molecule has 2 rings (SSSR count). The topological polar surface area (TPSA) is 38.3 Å². The first-order chi connectivity index (χ1) is 8.98. The average molecular weight is 281 g/mol. The van der Waals surface area contributed by atoms with Crippen LogP contribution in [0.3, 0.4) is 0 Å². The quantitative estimate of drug-likeness (QED) is 0.860. The van der Waals surface area contributed by atoms with Crippen LogP contribution in [0.2, 0.25) is 0 Å². The molecule has 106 valence electrons. The Labute approximate surface area is 119 Å². The van der Waals surface area contributed by atoms with Gasteiger partial charge in [0.25, 0.3) is 0 Å². The first kappa shape index (κ1) is 14.5. The van der Waals surface area contributed by atoms with E-state index in [9.17, 15) is 4.79 Å². The van der Waals surface area contributed by atoms with Gasteiger partial charge in [0.05, 0.1) is 7.11 Å². The molecule has 2 heterocycles. The van der Waals surface area contributed by atoms with Crippen molar-refractivity contribution in [3.05, 3.63) is 22.4 Å². The maximum atomic E-state index is 12.3. The van der Waals surface area contributed by atoms with Gasteiger partial charge in [-0.15, -0.1) is 11.3 Å². The van der Waals surface area contributed by atoms with Crippen molar-refractivity contribution in [3.8, 4) is 0 Å². The van der Waals surface area contributed by atoms with Gasteiger partial charge >= 0.3 is 5.97 Å². The fraction of sp³-hybridized carbons (Fsp3) is 0.667. The van der Waals surface area contributed by atoms with Crippen LogP contribution >= 0.6 is 11.3 Å². The standard InChI is InChI=1S/C15H23NO2S/c1-10(2)8-15(14(17)18-4)9-11(3)13(16-15)12-6-5-7-19-12/h5-7,10-11,13,16H,8-9H2,1-4H3/t11-,13+,15-/m0/s1. The van der Waals surface area contributed by atoms with Crippen molar-refractivity contribution in [3.63, 3.8) is 0 Å². The highest BCUT2D eigenvalue weighted by Crippen LogP contribution is 2.42. The second-order valence-electron chi connectivity index (χ2n) is 5.99. The maximum Gasteiger partial charge on any atom is 0.326 e. The summed E-state index contributed by atoms with van der Waals surface area (Å²) in [6.07, 6.45) is 1.67. The minimum Gasteiger partial charge on any atom is -0.468 e. The number of hydrogen-bond acceptors (Lipinski definition) is 4. The van der Waals surface area contributed by atoms with Gasteiger partial charge in [-0.05, 0) is 36.1 Å². The molecule has 0 amide bonds. The first-order valence-electron chi connectivity index (χ1n) is 6.88. The molecule has 0 spiro atoms. The Bertz CT molecular complexity index is 429. The van der Waals surface area contributed by atoms with E-state index in [1.54, 1.807) is 11.3 Å². The van der Waals surface area contributed by atoms with Crippen LogP contribution in [0.25, 0.3) is 0 Å². The summed E-state index contributed by atoms with van der Waals surface area (Å²) in [4.78, 5) is 13.6. The third-order valence-corrected chi connectivity index (χ3v) is 4.81. The Balaban J connectivity index is 2.25. The molecular weight excluding hydrogens is 258 g/mol. The third-order valence-electron chi connectivity index (χ3n) is 3.85. The molecule has 0 saturated carbocycles. The van der Waals surface area contributed by atoms with Crippen molar-refractivity contribution in [2.75, 3.05) is 7.11 Å². The highest BCUT2D eigenvalue weighted by atomic mass is 32.1. The third kappa shape index (κ3) is 2.84. The predicted molar refractivity (Wildman–Crippen MR) is 78.2 cm³/mol. The second kappa shape index (κ2) is 5.63. The molecule has 19 heavy (non-hydrogen) atoms. The van der Waals surface area contributed by atoms with Gasteiger partial charge in [-0.2, -0.15) is 0 Å². The molecule has 1 N–H and O–H groups in total. The second-order valence-corrected chi connectivity index (χ2v) is 6.97. The maximum absolute atomic E-state index is 12.3. The van der Waals surface area contributed by atoms with Gasteiger partial charge in [-0.1, -0.05) is 26.8 Å². The van der Waals surface area contributed by atoms with Gasteiger partial charge in [0.15, 0.2) is 0 Å². The van der Waals surface area contributed by atoms with Crippen molar-refractivity contribution < 1.29 is 9.53 Å². The Morgan fingerprint density at radius 3 is 2.89 bits per heavy atom. The number of nitrogens with one attached hydrogen (secondary N) is 1. The zero-order valence-corrected chi connectivity index (χ0v) is 12.9. The zero-order valence-electron chi connectivity index (χ0n) is 12.1. The summed E-state index contributed by atoms with van der Waals surface area (Å²) >= 11 is 1.75. The van der Waals surface area contributed by atoms with E-state index in [0.717, 1.165) is 12.8 Å². The Hall–Kier alpha value is -0.870. The number of methoxy groups -OCH3 is 1. The molecule has 1 fully saturated rings. The van der Waals surface area contributed by atoms with Crippen LogP contribution in [0.15, 0.2) is 17.5 Å². The largest absolute Gasteiger partial charge is 0.468 e. The van der Waals surface area contributed by atoms with E-state index in [1.807, 2.05) is 0 Å². The van der Waals surface area contributed by atoms with E-state index in [1.165, 1.54) is 12.0 Å². The van der Waals surface area contributed by atoms with Crippen LogP contribution in [0.1, 0.15) is 44.5 Å². The van der Waals surface area contributed by atoms with Gasteiger partial charge in [0.2, 0.25) is 0 Å². The van der Waals surface area contributed by atoms with Crippen molar-refractivity contribution in [1.29, 1.82) is 0 Å².